The summed E-state index contributed by atoms with van der Waals surface area (Å²) in [6.45, 7) is 13.4. The Hall–Kier alpha value is -2.32. The van der Waals surface area contributed by atoms with Crippen LogP contribution in [0.25, 0.3) is 11.3 Å². The van der Waals surface area contributed by atoms with Gasteiger partial charge in [-0.2, -0.15) is 0 Å². The van der Waals surface area contributed by atoms with E-state index in [1.54, 1.807) is 0 Å². The summed E-state index contributed by atoms with van der Waals surface area (Å²) in [4.78, 5) is 28.1. The monoisotopic (exact) mass is 382 g/mol. The van der Waals surface area contributed by atoms with Crippen LogP contribution in [0.2, 0.25) is 0 Å². The summed E-state index contributed by atoms with van der Waals surface area (Å²) >= 11 is 0. The summed E-state index contributed by atoms with van der Waals surface area (Å²) in [6, 6.07) is 1.95. The number of hydrogen-bond donors (Lipinski definition) is 0. The molecule has 0 aliphatic carbocycles. The van der Waals surface area contributed by atoms with E-state index in [1.807, 2.05) is 25.4 Å². The first kappa shape index (κ1) is 19.0. The van der Waals surface area contributed by atoms with Crippen LogP contribution >= 0.6 is 0 Å². The van der Waals surface area contributed by atoms with Crippen LogP contribution in [0.5, 0.6) is 0 Å². The van der Waals surface area contributed by atoms with E-state index < -0.39 is 0 Å². The summed E-state index contributed by atoms with van der Waals surface area (Å²) < 4.78 is 0. The molecule has 0 radical (unpaired) electrons. The normalized spacial score (nSPS) is 19.2. The maximum atomic E-state index is 4.81. The maximum absolute atomic E-state index is 4.81. The molecule has 4 rings (SSSR count). The van der Waals surface area contributed by atoms with Gasteiger partial charge in [-0.05, 0) is 26.6 Å². The molecule has 0 atom stereocenters. The predicted octanol–water partition coefficient (Wildman–Crippen LogP) is 1.14. The zero-order chi connectivity index (χ0) is 19.5. The zero-order valence-electron chi connectivity index (χ0n) is 17.2. The lowest BCUT2D eigenvalue weighted by Gasteiger charge is -2.34. The Morgan fingerprint density at radius 2 is 1.50 bits per heavy atom. The van der Waals surface area contributed by atoms with Gasteiger partial charge in [-0.25, -0.2) is 19.9 Å². The Morgan fingerprint density at radius 1 is 0.857 bits per heavy atom. The van der Waals surface area contributed by atoms with Gasteiger partial charge in [0.25, 0.3) is 0 Å². The largest absolute Gasteiger partial charge is 0.338 e. The first-order valence-corrected chi connectivity index (χ1v) is 10.2. The number of anilines is 2. The molecule has 2 aliphatic rings. The number of hydrogen-bond acceptors (Lipinski definition) is 8. The molecule has 0 amide bonds. The second-order valence-electron chi connectivity index (χ2n) is 7.62. The van der Waals surface area contributed by atoms with E-state index in [-0.39, 0.29) is 0 Å². The van der Waals surface area contributed by atoms with Crippen LogP contribution in [0.3, 0.4) is 0 Å². The van der Waals surface area contributed by atoms with Crippen molar-refractivity contribution in [3.63, 3.8) is 0 Å². The third-order valence-electron chi connectivity index (χ3n) is 5.77. The van der Waals surface area contributed by atoms with E-state index in [4.69, 9.17) is 9.97 Å². The smallest absolute Gasteiger partial charge is 0.225 e. The van der Waals surface area contributed by atoms with Gasteiger partial charge in [-0.15, -0.1) is 0 Å². The molecule has 0 saturated carbocycles. The second-order valence-corrected chi connectivity index (χ2v) is 7.62. The Morgan fingerprint density at radius 3 is 2.14 bits per heavy atom. The average Bonchev–Trinajstić information content (AvgIpc) is 2.74. The molecule has 2 aliphatic heterocycles. The topological polar surface area (TPSA) is 64.5 Å². The molecular formula is C20H30N8. The van der Waals surface area contributed by atoms with Gasteiger partial charge in [0.05, 0.1) is 11.4 Å². The van der Waals surface area contributed by atoms with E-state index in [2.05, 4.69) is 43.5 Å². The van der Waals surface area contributed by atoms with Crippen LogP contribution in [0.1, 0.15) is 12.6 Å². The Kier molecular flexibility index (Phi) is 5.68. The fourth-order valence-corrected chi connectivity index (χ4v) is 3.78. The van der Waals surface area contributed by atoms with Crippen molar-refractivity contribution in [3.05, 3.63) is 24.2 Å². The minimum atomic E-state index is 0.796. The third kappa shape index (κ3) is 4.07. The molecule has 2 fully saturated rings. The van der Waals surface area contributed by atoms with Gasteiger partial charge in [-0.1, -0.05) is 6.92 Å². The van der Waals surface area contributed by atoms with E-state index in [1.165, 1.54) is 0 Å². The summed E-state index contributed by atoms with van der Waals surface area (Å²) in [5.41, 5.74) is 2.84. The van der Waals surface area contributed by atoms with Crippen LogP contribution in [0.4, 0.5) is 11.9 Å². The maximum Gasteiger partial charge on any atom is 0.225 e. The summed E-state index contributed by atoms with van der Waals surface area (Å²) in [7, 11) is 2.15. The van der Waals surface area contributed by atoms with Crippen molar-refractivity contribution in [1.29, 1.82) is 0 Å². The van der Waals surface area contributed by atoms with E-state index in [0.29, 0.717) is 0 Å². The number of likely N-dealkylation sites (N-methyl/N-ethyl adjacent to an activating group) is 2. The molecule has 2 saturated heterocycles. The van der Waals surface area contributed by atoms with Gasteiger partial charge in [0.2, 0.25) is 11.9 Å². The lowest BCUT2D eigenvalue weighted by molar-refractivity contribution is 0.270. The molecule has 28 heavy (non-hydrogen) atoms. The highest BCUT2D eigenvalue weighted by atomic mass is 15.3. The molecule has 0 spiro atoms. The van der Waals surface area contributed by atoms with Crippen molar-refractivity contribution in [3.8, 4) is 11.3 Å². The van der Waals surface area contributed by atoms with Crippen molar-refractivity contribution < 1.29 is 0 Å². The zero-order valence-corrected chi connectivity index (χ0v) is 17.2. The van der Waals surface area contributed by atoms with Gasteiger partial charge in [0.15, 0.2) is 0 Å². The van der Waals surface area contributed by atoms with Gasteiger partial charge in [-0.3, -0.25) is 0 Å². The van der Waals surface area contributed by atoms with Gasteiger partial charge >= 0.3 is 0 Å². The lowest BCUT2D eigenvalue weighted by Crippen LogP contribution is -2.46. The van der Waals surface area contributed by atoms with Crippen LogP contribution in [-0.2, 0) is 0 Å². The van der Waals surface area contributed by atoms with Crippen molar-refractivity contribution in [2.45, 2.75) is 13.8 Å². The molecule has 150 valence electrons. The molecule has 2 aromatic heterocycles. The van der Waals surface area contributed by atoms with Crippen LogP contribution in [0, 0.1) is 6.92 Å². The highest BCUT2D eigenvalue weighted by Gasteiger charge is 2.20. The SMILES string of the molecule is CCN1CCN(c2ncc(-c3ccnc(N4CCN(C)CC4)n3)c(C)n2)CC1. The third-order valence-corrected chi connectivity index (χ3v) is 5.77. The summed E-state index contributed by atoms with van der Waals surface area (Å²) in [5, 5.41) is 0. The minimum Gasteiger partial charge on any atom is -0.338 e. The molecule has 0 aromatic carbocycles. The van der Waals surface area contributed by atoms with Crippen LogP contribution < -0.4 is 9.80 Å². The van der Waals surface area contributed by atoms with Gasteiger partial charge in [0, 0.05) is 70.3 Å². The number of rotatable bonds is 4. The number of piperazine rings is 2. The fraction of sp³-hybridized carbons (Fsp3) is 0.600. The van der Waals surface area contributed by atoms with E-state index in [9.17, 15) is 0 Å². The van der Waals surface area contributed by atoms with Crippen LogP contribution in [0.15, 0.2) is 18.5 Å². The van der Waals surface area contributed by atoms with Crippen molar-refractivity contribution >= 4 is 11.9 Å². The highest BCUT2D eigenvalue weighted by molar-refractivity contribution is 5.62. The molecule has 8 heteroatoms. The van der Waals surface area contributed by atoms with Gasteiger partial charge < -0.3 is 19.6 Å². The molecule has 8 nitrogen and oxygen atoms in total. The van der Waals surface area contributed by atoms with Crippen molar-refractivity contribution in [2.75, 3.05) is 75.8 Å². The first-order valence-electron chi connectivity index (χ1n) is 10.2. The lowest BCUT2D eigenvalue weighted by atomic mass is 10.2. The first-order chi connectivity index (χ1) is 13.6. The Labute approximate surface area is 167 Å². The van der Waals surface area contributed by atoms with E-state index in [0.717, 1.165) is 87.8 Å². The minimum absolute atomic E-state index is 0.796. The molecule has 0 N–H and O–H groups in total. The summed E-state index contributed by atoms with van der Waals surface area (Å²) in [6.07, 6.45) is 3.76. The van der Waals surface area contributed by atoms with Gasteiger partial charge in [0.1, 0.15) is 0 Å². The summed E-state index contributed by atoms with van der Waals surface area (Å²) in [5.74, 6) is 1.62. The predicted molar refractivity (Wildman–Crippen MR) is 112 cm³/mol. The standard InChI is InChI=1S/C20H30N8/c1-4-26-9-13-28(14-10-26)20-22-15-17(16(2)23-20)18-5-6-21-19(24-18)27-11-7-25(3)8-12-27/h5-6,15H,4,7-14H2,1-3H3. The number of nitrogens with zero attached hydrogens (tertiary/aromatic N) is 8. The Bertz CT molecular complexity index is 795. The molecule has 4 heterocycles. The number of aromatic nitrogens is 4. The van der Waals surface area contributed by atoms with E-state index >= 15 is 0 Å². The highest BCUT2D eigenvalue weighted by Crippen LogP contribution is 2.23. The average molecular weight is 383 g/mol. The molecular weight excluding hydrogens is 352 g/mol. The Balaban J connectivity index is 1.51. The van der Waals surface area contributed by atoms with Crippen LogP contribution in [-0.4, -0.2) is 95.7 Å². The molecule has 0 bridgehead atoms. The quantitative estimate of drug-likeness (QED) is 0.780. The second kappa shape index (κ2) is 8.36. The molecule has 2 aromatic rings. The fourth-order valence-electron chi connectivity index (χ4n) is 3.78. The molecule has 0 unspecified atom stereocenters. The van der Waals surface area contributed by atoms with Crippen molar-refractivity contribution in [2.24, 2.45) is 0 Å². The number of aryl methyl sites for hydroxylation is 1. The van der Waals surface area contributed by atoms with Crippen molar-refractivity contribution in [1.82, 2.24) is 29.7 Å².